The molecule has 2 fully saturated rings. The van der Waals surface area contributed by atoms with Crippen LogP contribution in [0.2, 0.25) is 0 Å². The Morgan fingerprint density at radius 1 is 1.26 bits per heavy atom. The number of nitrogens with one attached hydrogen (secondary N) is 1. The molecule has 104 valence electrons. The van der Waals surface area contributed by atoms with Crippen molar-refractivity contribution in [3.63, 3.8) is 0 Å². The number of piperidine rings is 1. The molecular formula is C16H25N3. The molecular weight excluding hydrogens is 234 g/mol. The third kappa shape index (κ3) is 2.70. The lowest BCUT2D eigenvalue weighted by molar-refractivity contribution is 0.362. The van der Waals surface area contributed by atoms with E-state index < -0.39 is 0 Å². The molecule has 2 aliphatic rings. The first kappa shape index (κ1) is 12.8. The van der Waals surface area contributed by atoms with Crippen LogP contribution in [-0.4, -0.2) is 24.1 Å². The second-order valence-corrected chi connectivity index (χ2v) is 5.95. The van der Waals surface area contributed by atoms with Crippen LogP contribution in [0.3, 0.4) is 0 Å². The second kappa shape index (κ2) is 5.81. The molecule has 3 rings (SSSR count). The largest absolute Gasteiger partial charge is 0.384 e. The number of aromatic nitrogens is 1. The van der Waals surface area contributed by atoms with E-state index in [0.717, 1.165) is 24.9 Å². The average molecular weight is 259 g/mol. The van der Waals surface area contributed by atoms with Crippen molar-refractivity contribution in [1.29, 1.82) is 0 Å². The molecule has 1 aliphatic carbocycles. The van der Waals surface area contributed by atoms with Crippen LogP contribution in [-0.2, 0) is 0 Å². The molecule has 3 heteroatoms. The summed E-state index contributed by atoms with van der Waals surface area (Å²) in [5.41, 5.74) is 2.48. The molecule has 1 saturated heterocycles. The maximum atomic E-state index is 4.42. The van der Waals surface area contributed by atoms with Gasteiger partial charge < -0.3 is 10.2 Å². The highest BCUT2D eigenvalue weighted by Gasteiger charge is 2.35. The van der Waals surface area contributed by atoms with E-state index in [2.05, 4.69) is 28.2 Å². The summed E-state index contributed by atoms with van der Waals surface area (Å²) >= 11 is 0. The van der Waals surface area contributed by atoms with Gasteiger partial charge in [0.1, 0.15) is 0 Å². The fourth-order valence-electron chi connectivity index (χ4n) is 3.73. The van der Waals surface area contributed by atoms with Crippen molar-refractivity contribution in [1.82, 2.24) is 4.98 Å². The zero-order chi connectivity index (χ0) is 13.1. The van der Waals surface area contributed by atoms with E-state index in [9.17, 15) is 0 Å². The van der Waals surface area contributed by atoms with Crippen LogP contribution >= 0.6 is 0 Å². The minimum atomic E-state index is 0.775. The van der Waals surface area contributed by atoms with Gasteiger partial charge >= 0.3 is 0 Å². The van der Waals surface area contributed by atoms with Gasteiger partial charge in [-0.15, -0.1) is 0 Å². The molecule has 0 amide bonds. The molecule has 3 nitrogen and oxygen atoms in total. The van der Waals surface area contributed by atoms with E-state index in [4.69, 9.17) is 0 Å². The van der Waals surface area contributed by atoms with E-state index in [0.29, 0.717) is 0 Å². The number of nitrogens with zero attached hydrogens (tertiary/aromatic N) is 2. The maximum Gasteiger partial charge on any atom is 0.0576 e. The Morgan fingerprint density at radius 2 is 2.16 bits per heavy atom. The van der Waals surface area contributed by atoms with Crippen LogP contribution in [0.25, 0.3) is 0 Å². The van der Waals surface area contributed by atoms with Crippen LogP contribution in [0, 0.1) is 5.92 Å². The zero-order valence-electron chi connectivity index (χ0n) is 11.9. The summed E-state index contributed by atoms with van der Waals surface area (Å²) in [5.74, 6) is 0.931. The lowest BCUT2D eigenvalue weighted by atomic mass is 9.91. The van der Waals surface area contributed by atoms with Gasteiger partial charge in [-0.2, -0.15) is 0 Å². The van der Waals surface area contributed by atoms with Gasteiger partial charge in [-0.05, 0) is 44.1 Å². The Hall–Kier alpha value is -1.25. The minimum Gasteiger partial charge on any atom is -0.384 e. The minimum absolute atomic E-state index is 0.775. The fraction of sp³-hybridized carbons (Fsp3) is 0.688. The lowest BCUT2D eigenvalue weighted by Crippen LogP contribution is -2.42. The van der Waals surface area contributed by atoms with Gasteiger partial charge in [-0.25, -0.2) is 0 Å². The summed E-state index contributed by atoms with van der Waals surface area (Å²) in [4.78, 5) is 7.04. The molecule has 1 N–H and O–H groups in total. The third-order valence-electron chi connectivity index (χ3n) is 4.63. The van der Waals surface area contributed by atoms with Crippen molar-refractivity contribution in [2.24, 2.45) is 5.92 Å². The van der Waals surface area contributed by atoms with Gasteiger partial charge in [0.15, 0.2) is 0 Å². The van der Waals surface area contributed by atoms with Crippen molar-refractivity contribution in [3.05, 3.63) is 18.5 Å². The van der Waals surface area contributed by atoms with Gasteiger partial charge in [0.2, 0.25) is 0 Å². The SMILES string of the molecule is CCCNc1cncc(N2CCCC3CCCC32)c1. The van der Waals surface area contributed by atoms with Crippen LogP contribution in [0.1, 0.15) is 45.4 Å². The summed E-state index contributed by atoms with van der Waals surface area (Å²) in [6.07, 6.45) is 12.1. The molecule has 2 atom stereocenters. The lowest BCUT2D eigenvalue weighted by Gasteiger charge is -2.39. The molecule has 2 unspecified atom stereocenters. The van der Waals surface area contributed by atoms with Gasteiger partial charge in [-0.3, -0.25) is 4.98 Å². The first-order valence-electron chi connectivity index (χ1n) is 7.84. The molecule has 0 spiro atoms. The normalized spacial score (nSPS) is 26.3. The van der Waals surface area contributed by atoms with Gasteiger partial charge in [-0.1, -0.05) is 13.3 Å². The van der Waals surface area contributed by atoms with Crippen molar-refractivity contribution in [3.8, 4) is 0 Å². The maximum absolute atomic E-state index is 4.42. The Bertz CT molecular complexity index is 418. The smallest absolute Gasteiger partial charge is 0.0576 e. The number of hydrogen-bond acceptors (Lipinski definition) is 3. The number of rotatable bonds is 4. The quantitative estimate of drug-likeness (QED) is 0.894. The Labute approximate surface area is 116 Å². The Kier molecular flexibility index (Phi) is 3.90. The first-order chi connectivity index (χ1) is 9.38. The molecule has 0 aromatic carbocycles. The Morgan fingerprint density at radius 3 is 3.05 bits per heavy atom. The number of anilines is 2. The van der Waals surface area contributed by atoms with Gasteiger partial charge in [0.25, 0.3) is 0 Å². The molecule has 0 bridgehead atoms. The van der Waals surface area contributed by atoms with Crippen molar-refractivity contribution in [2.45, 2.75) is 51.5 Å². The monoisotopic (exact) mass is 259 g/mol. The average Bonchev–Trinajstić information content (AvgIpc) is 2.93. The van der Waals surface area contributed by atoms with E-state index in [1.54, 1.807) is 0 Å². The van der Waals surface area contributed by atoms with E-state index >= 15 is 0 Å². The highest BCUT2D eigenvalue weighted by atomic mass is 15.2. The van der Waals surface area contributed by atoms with E-state index in [1.807, 2.05) is 12.4 Å². The number of pyridine rings is 1. The van der Waals surface area contributed by atoms with Crippen LogP contribution in [0.4, 0.5) is 11.4 Å². The molecule has 19 heavy (non-hydrogen) atoms. The first-order valence-corrected chi connectivity index (χ1v) is 7.84. The summed E-state index contributed by atoms with van der Waals surface area (Å²) in [7, 11) is 0. The third-order valence-corrected chi connectivity index (χ3v) is 4.63. The van der Waals surface area contributed by atoms with Crippen LogP contribution in [0.15, 0.2) is 18.5 Å². The molecule has 2 heterocycles. The van der Waals surface area contributed by atoms with E-state index in [-0.39, 0.29) is 0 Å². The molecule has 1 aromatic rings. The van der Waals surface area contributed by atoms with Gasteiger partial charge in [0.05, 0.1) is 23.8 Å². The van der Waals surface area contributed by atoms with Crippen molar-refractivity contribution in [2.75, 3.05) is 23.3 Å². The van der Waals surface area contributed by atoms with Gasteiger partial charge in [0, 0.05) is 19.1 Å². The fourth-order valence-corrected chi connectivity index (χ4v) is 3.73. The van der Waals surface area contributed by atoms with Crippen molar-refractivity contribution < 1.29 is 0 Å². The summed E-state index contributed by atoms with van der Waals surface area (Å²) < 4.78 is 0. The molecule has 1 aromatic heterocycles. The number of hydrogen-bond donors (Lipinski definition) is 1. The Balaban J connectivity index is 1.76. The zero-order valence-corrected chi connectivity index (χ0v) is 11.9. The molecule has 1 aliphatic heterocycles. The summed E-state index contributed by atoms with van der Waals surface area (Å²) in [6.45, 7) is 4.43. The summed E-state index contributed by atoms with van der Waals surface area (Å²) in [6, 6.07) is 3.06. The van der Waals surface area contributed by atoms with Crippen LogP contribution < -0.4 is 10.2 Å². The van der Waals surface area contributed by atoms with Crippen molar-refractivity contribution >= 4 is 11.4 Å². The highest BCUT2D eigenvalue weighted by molar-refractivity contribution is 5.56. The second-order valence-electron chi connectivity index (χ2n) is 5.95. The standard InChI is InChI=1S/C16H25N3/c1-2-8-18-14-10-15(12-17-11-14)19-9-4-6-13-5-3-7-16(13)19/h10-13,16,18H,2-9H2,1H3. The highest BCUT2D eigenvalue weighted by Crippen LogP contribution is 2.39. The number of fused-ring (bicyclic) bond motifs is 1. The predicted octanol–water partition coefficient (Wildman–Crippen LogP) is 3.67. The summed E-state index contributed by atoms with van der Waals surface area (Å²) in [5, 5.41) is 3.44. The van der Waals surface area contributed by atoms with E-state index in [1.165, 1.54) is 50.0 Å². The van der Waals surface area contributed by atoms with Crippen LogP contribution in [0.5, 0.6) is 0 Å². The predicted molar refractivity (Wildman–Crippen MR) is 80.7 cm³/mol. The molecule has 0 radical (unpaired) electrons. The topological polar surface area (TPSA) is 28.2 Å². The molecule has 1 saturated carbocycles.